The summed E-state index contributed by atoms with van der Waals surface area (Å²) in [6.07, 6.45) is 1.49. The van der Waals surface area contributed by atoms with Crippen LogP contribution in [0.1, 0.15) is 0 Å². The topological polar surface area (TPSA) is 49.8 Å². The number of hydrazine groups is 1. The van der Waals surface area contributed by atoms with Gasteiger partial charge in [-0.15, -0.1) is 4.94 Å². The Hall–Kier alpha value is -1.39. The number of halogens is 1. The molecule has 1 aromatic heterocycles. The molecule has 0 saturated carbocycles. The van der Waals surface area contributed by atoms with E-state index in [-0.39, 0.29) is 0 Å². The van der Waals surface area contributed by atoms with E-state index in [9.17, 15) is 0 Å². The van der Waals surface area contributed by atoms with E-state index in [1.807, 2.05) is 24.3 Å². The van der Waals surface area contributed by atoms with Crippen molar-refractivity contribution in [3.05, 3.63) is 30.6 Å². The van der Waals surface area contributed by atoms with E-state index in [0.29, 0.717) is 5.82 Å². The Balaban J connectivity index is 2.61. The van der Waals surface area contributed by atoms with E-state index in [4.69, 9.17) is 11.8 Å². The quantitative estimate of drug-likeness (QED) is 0.565. The van der Waals surface area contributed by atoms with E-state index < -0.39 is 0 Å². The largest absolute Gasteiger partial charge is 0.291 e. The van der Waals surface area contributed by atoms with Crippen LogP contribution < -0.4 is 10.4 Å². The molecule has 13 heavy (non-hydrogen) atoms. The Kier molecular flexibility index (Phi) is 2.25. The summed E-state index contributed by atoms with van der Waals surface area (Å²) in [6, 6.07) is 7.68. The summed E-state index contributed by atoms with van der Waals surface area (Å²) >= 11 is 5.31. The molecule has 1 aromatic carbocycles. The minimum atomic E-state index is 0.667. The molecule has 5 heteroatoms. The highest BCUT2D eigenvalue weighted by molar-refractivity contribution is 6.14. The van der Waals surface area contributed by atoms with Crippen molar-refractivity contribution in [2.75, 3.05) is 5.43 Å². The van der Waals surface area contributed by atoms with Gasteiger partial charge in [-0.2, -0.15) is 0 Å². The number of fused-ring (bicyclic) bond motifs is 1. The van der Waals surface area contributed by atoms with Crippen LogP contribution in [-0.2, 0) is 0 Å². The summed E-state index contributed by atoms with van der Waals surface area (Å²) in [5.41, 5.74) is 3.60. The molecular formula is C8H7ClN4. The molecule has 0 fully saturated rings. The first-order valence-corrected chi connectivity index (χ1v) is 4.11. The average molecular weight is 195 g/mol. The summed E-state index contributed by atoms with van der Waals surface area (Å²) in [5.74, 6) is 0.667. The first-order chi connectivity index (χ1) is 6.42. The zero-order valence-corrected chi connectivity index (χ0v) is 7.42. The lowest BCUT2D eigenvalue weighted by Crippen LogP contribution is -2.10. The monoisotopic (exact) mass is 194 g/mol. The number of para-hydroxylation sites is 1. The van der Waals surface area contributed by atoms with E-state index in [2.05, 4.69) is 20.3 Å². The van der Waals surface area contributed by atoms with Gasteiger partial charge < -0.3 is 0 Å². The Morgan fingerprint density at radius 1 is 1.15 bits per heavy atom. The second-order valence-corrected chi connectivity index (χ2v) is 2.65. The third-order valence-electron chi connectivity index (χ3n) is 1.71. The van der Waals surface area contributed by atoms with Crippen LogP contribution in [0.3, 0.4) is 0 Å². The highest BCUT2D eigenvalue weighted by Gasteiger charge is 1.99. The minimum absolute atomic E-state index is 0.667. The van der Waals surface area contributed by atoms with Crippen LogP contribution >= 0.6 is 11.8 Å². The Morgan fingerprint density at radius 3 is 2.85 bits per heavy atom. The number of benzene rings is 1. The number of nitrogens with one attached hydrogen (secondary N) is 2. The predicted octanol–water partition coefficient (Wildman–Crippen LogP) is 1.70. The molecule has 0 spiro atoms. The number of rotatable bonds is 2. The third kappa shape index (κ3) is 1.54. The van der Waals surface area contributed by atoms with Crippen LogP contribution in [0.15, 0.2) is 30.6 Å². The van der Waals surface area contributed by atoms with Crippen molar-refractivity contribution >= 4 is 28.5 Å². The van der Waals surface area contributed by atoms with Crippen LogP contribution in [0.4, 0.5) is 5.82 Å². The molecule has 0 radical (unpaired) electrons. The molecule has 0 amide bonds. The van der Waals surface area contributed by atoms with Crippen LogP contribution in [0.5, 0.6) is 0 Å². The first kappa shape index (κ1) is 8.22. The van der Waals surface area contributed by atoms with E-state index in [1.165, 1.54) is 6.33 Å². The number of aromatic nitrogens is 2. The molecule has 2 aromatic rings. The molecule has 0 bridgehead atoms. The molecule has 0 aliphatic heterocycles. The predicted molar refractivity (Wildman–Crippen MR) is 52.1 cm³/mol. The molecule has 1 heterocycles. The second kappa shape index (κ2) is 3.55. The number of anilines is 1. The highest BCUT2D eigenvalue weighted by atomic mass is 35.5. The fraction of sp³-hybridized carbons (Fsp3) is 0. The molecule has 0 aliphatic rings. The van der Waals surface area contributed by atoms with Gasteiger partial charge in [-0.3, -0.25) is 5.43 Å². The Morgan fingerprint density at radius 2 is 2.00 bits per heavy atom. The van der Waals surface area contributed by atoms with E-state index >= 15 is 0 Å². The molecule has 66 valence electrons. The first-order valence-electron chi connectivity index (χ1n) is 3.73. The van der Waals surface area contributed by atoms with Crippen molar-refractivity contribution in [3.8, 4) is 0 Å². The lowest BCUT2D eigenvalue weighted by atomic mass is 10.2. The molecule has 4 nitrogen and oxygen atoms in total. The van der Waals surface area contributed by atoms with Crippen molar-refractivity contribution in [1.29, 1.82) is 0 Å². The smallest absolute Gasteiger partial charge is 0.152 e. The zero-order valence-electron chi connectivity index (χ0n) is 6.66. The van der Waals surface area contributed by atoms with E-state index in [0.717, 1.165) is 10.9 Å². The maximum absolute atomic E-state index is 5.31. The fourth-order valence-corrected chi connectivity index (χ4v) is 1.24. The maximum atomic E-state index is 5.31. The number of hydrogen-bond donors (Lipinski definition) is 2. The number of hydrogen-bond acceptors (Lipinski definition) is 4. The highest BCUT2D eigenvalue weighted by Crippen LogP contribution is 2.17. The van der Waals surface area contributed by atoms with Crippen LogP contribution in [0, 0.1) is 0 Å². The van der Waals surface area contributed by atoms with Crippen molar-refractivity contribution in [2.45, 2.75) is 0 Å². The van der Waals surface area contributed by atoms with Gasteiger partial charge in [0.25, 0.3) is 0 Å². The van der Waals surface area contributed by atoms with Crippen molar-refractivity contribution < 1.29 is 0 Å². The van der Waals surface area contributed by atoms with Crippen molar-refractivity contribution in [1.82, 2.24) is 14.9 Å². The summed E-state index contributed by atoms with van der Waals surface area (Å²) in [7, 11) is 0. The van der Waals surface area contributed by atoms with Gasteiger partial charge in [0.1, 0.15) is 6.33 Å². The summed E-state index contributed by atoms with van der Waals surface area (Å²) in [4.78, 5) is 10.4. The van der Waals surface area contributed by atoms with Crippen molar-refractivity contribution in [3.63, 3.8) is 0 Å². The van der Waals surface area contributed by atoms with Crippen molar-refractivity contribution in [2.24, 2.45) is 0 Å². The summed E-state index contributed by atoms with van der Waals surface area (Å²) in [5, 5.41) is 0.929. The lowest BCUT2D eigenvalue weighted by Gasteiger charge is -2.03. The van der Waals surface area contributed by atoms with Crippen LogP contribution in [0.2, 0.25) is 0 Å². The normalized spacial score (nSPS) is 10.2. The summed E-state index contributed by atoms with van der Waals surface area (Å²) in [6.45, 7) is 0. The molecular weight excluding hydrogens is 188 g/mol. The van der Waals surface area contributed by atoms with Gasteiger partial charge in [0.05, 0.1) is 5.52 Å². The minimum Gasteiger partial charge on any atom is -0.291 e. The molecule has 2 rings (SSSR count). The average Bonchev–Trinajstić information content (AvgIpc) is 2.19. The van der Waals surface area contributed by atoms with Gasteiger partial charge in [-0.05, 0) is 23.9 Å². The van der Waals surface area contributed by atoms with Gasteiger partial charge in [-0.1, -0.05) is 12.1 Å². The van der Waals surface area contributed by atoms with Gasteiger partial charge in [0, 0.05) is 5.39 Å². The van der Waals surface area contributed by atoms with Gasteiger partial charge in [0.2, 0.25) is 0 Å². The number of nitrogens with zero attached hydrogens (tertiary/aromatic N) is 2. The molecule has 0 saturated heterocycles. The third-order valence-corrected chi connectivity index (χ3v) is 1.80. The second-order valence-electron chi connectivity index (χ2n) is 2.46. The summed E-state index contributed by atoms with van der Waals surface area (Å²) < 4.78 is 0. The Labute approximate surface area is 80.0 Å². The van der Waals surface area contributed by atoms with Crippen LogP contribution in [-0.4, -0.2) is 9.97 Å². The Bertz CT molecular complexity index is 412. The molecule has 2 N–H and O–H groups in total. The standard InChI is InChI=1S/C8H7ClN4/c9-13-12-8-6-3-1-2-4-7(6)10-5-11-8/h1-5,13H,(H,10,11,12). The molecule has 0 aliphatic carbocycles. The lowest BCUT2D eigenvalue weighted by molar-refractivity contribution is 1.12. The van der Waals surface area contributed by atoms with Gasteiger partial charge >= 0.3 is 0 Å². The maximum Gasteiger partial charge on any atom is 0.152 e. The fourth-order valence-electron chi connectivity index (χ4n) is 1.15. The van der Waals surface area contributed by atoms with E-state index in [1.54, 1.807) is 0 Å². The van der Waals surface area contributed by atoms with Gasteiger partial charge in [0.15, 0.2) is 5.82 Å². The zero-order chi connectivity index (χ0) is 9.10. The van der Waals surface area contributed by atoms with Crippen LogP contribution in [0.25, 0.3) is 10.9 Å². The molecule has 0 atom stereocenters. The SMILES string of the molecule is ClNNc1ncnc2ccccc12. The molecule has 0 unspecified atom stereocenters. The van der Waals surface area contributed by atoms with Gasteiger partial charge in [-0.25, -0.2) is 9.97 Å².